The highest BCUT2D eigenvalue weighted by molar-refractivity contribution is 6.22. The van der Waals surface area contributed by atoms with Crippen molar-refractivity contribution >= 4 is 17.6 Å². The molecule has 0 saturated carbocycles. The van der Waals surface area contributed by atoms with E-state index in [0.717, 1.165) is 17.1 Å². The van der Waals surface area contributed by atoms with Gasteiger partial charge in [0.2, 0.25) is 0 Å². The second-order valence-corrected chi connectivity index (χ2v) is 1.93. The van der Waals surface area contributed by atoms with Crippen LogP contribution in [0.15, 0.2) is 12.2 Å². The average molecular weight is 138 g/mol. The second-order valence-electron chi connectivity index (χ2n) is 1.93. The Morgan fingerprint density at radius 3 is 2.00 bits per heavy atom. The lowest BCUT2D eigenvalue weighted by atomic mass is 10.5. The summed E-state index contributed by atoms with van der Waals surface area (Å²) in [5.41, 5.74) is 0. The number of rotatable bonds is 0. The number of nitrogens with one attached hydrogen (secondary N) is 1. The van der Waals surface area contributed by atoms with Gasteiger partial charge in [-0.3, -0.25) is 15.0 Å². The maximum atomic E-state index is 10.7. The lowest BCUT2D eigenvalue weighted by molar-refractivity contribution is -0.132. The lowest BCUT2D eigenvalue weighted by Crippen LogP contribution is -2.33. The molecule has 52 valence electrons. The van der Waals surface area contributed by atoms with Crippen LogP contribution in [-0.2, 0) is 9.59 Å². The van der Waals surface area contributed by atoms with Gasteiger partial charge in [0.05, 0.1) is 0 Å². The SMILES string of the molecule is CC(=N)N1C(=O)C=CC1=O. The third kappa shape index (κ3) is 0.834. The zero-order valence-corrected chi connectivity index (χ0v) is 5.42. The fraction of sp³-hybridized carbons (Fsp3) is 0.167. The molecule has 0 aromatic carbocycles. The van der Waals surface area contributed by atoms with Crippen LogP contribution in [0.4, 0.5) is 0 Å². The summed E-state index contributed by atoms with van der Waals surface area (Å²) in [7, 11) is 0. The van der Waals surface area contributed by atoms with Crippen LogP contribution in [0, 0.1) is 5.41 Å². The summed E-state index contributed by atoms with van der Waals surface area (Å²) < 4.78 is 0. The molecule has 2 amide bonds. The minimum absolute atomic E-state index is 0.0417. The van der Waals surface area contributed by atoms with Gasteiger partial charge in [0.25, 0.3) is 11.8 Å². The van der Waals surface area contributed by atoms with Crippen LogP contribution >= 0.6 is 0 Å². The molecule has 1 heterocycles. The van der Waals surface area contributed by atoms with Gasteiger partial charge in [0.15, 0.2) is 0 Å². The predicted octanol–water partition coefficient (Wildman–Crippen LogP) is -0.0914. The minimum Gasteiger partial charge on any atom is -0.288 e. The molecule has 4 nitrogen and oxygen atoms in total. The molecule has 0 aliphatic carbocycles. The molecular formula is C6H6N2O2. The fourth-order valence-corrected chi connectivity index (χ4v) is 0.731. The van der Waals surface area contributed by atoms with Crippen molar-refractivity contribution in [1.82, 2.24) is 4.90 Å². The molecule has 0 aromatic rings. The van der Waals surface area contributed by atoms with Crippen LogP contribution in [0.2, 0.25) is 0 Å². The minimum atomic E-state index is -0.433. The maximum Gasteiger partial charge on any atom is 0.259 e. The number of nitrogens with zero attached hydrogens (tertiary/aromatic N) is 1. The molecule has 0 radical (unpaired) electrons. The number of hydrogen-bond acceptors (Lipinski definition) is 3. The van der Waals surface area contributed by atoms with Crippen molar-refractivity contribution in [2.24, 2.45) is 0 Å². The first-order chi connectivity index (χ1) is 4.63. The van der Waals surface area contributed by atoms with Gasteiger partial charge in [-0.25, -0.2) is 4.90 Å². The third-order valence-electron chi connectivity index (χ3n) is 1.14. The Kier molecular flexibility index (Phi) is 1.37. The summed E-state index contributed by atoms with van der Waals surface area (Å²) in [6, 6.07) is 0. The molecule has 0 bridgehead atoms. The molecule has 4 heteroatoms. The number of imide groups is 1. The smallest absolute Gasteiger partial charge is 0.259 e. The van der Waals surface area contributed by atoms with Gasteiger partial charge >= 0.3 is 0 Å². The topological polar surface area (TPSA) is 61.2 Å². The van der Waals surface area contributed by atoms with E-state index in [-0.39, 0.29) is 5.84 Å². The lowest BCUT2D eigenvalue weighted by Gasteiger charge is -2.09. The molecule has 1 aliphatic rings. The highest BCUT2D eigenvalue weighted by Gasteiger charge is 2.24. The molecule has 10 heavy (non-hydrogen) atoms. The van der Waals surface area contributed by atoms with E-state index in [1.807, 2.05) is 0 Å². The van der Waals surface area contributed by atoms with E-state index < -0.39 is 11.8 Å². The number of carbonyl (C=O) groups is 2. The van der Waals surface area contributed by atoms with Crippen molar-refractivity contribution in [3.05, 3.63) is 12.2 Å². The predicted molar refractivity (Wildman–Crippen MR) is 34.4 cm³/mol. The van der Waals surface area contributed by atoms with Crippen LogP contribution in [0.3, 0.4) is 0 Å². The molecule has 0 fully saturated rings. The summed E-state index contributed by atoms with van der Waals surface area (Å²) in [6.45, 7) is 1.39. The van der Waals surface area contributed by atoms with E-state index in [0.29, 0.717) is 0 Å². The van der Waals surface area contributed by atoms with Crippen LogP contribution < -0.4 is 0 Å². The zero-order chi connectivity index (χ0) is 7.72. The highest BCUT2D eigenvalue weighted by atomic mass is 16.2. The van der Waals surface area contributed by atoms with Gasteiger partial charge < -0.3 is 0 Å². The summed E-state index contributed by atoms with van der Waals surface area (Å²) >= 11 is 0. The van der Waals surface area contributed by atoms with E-state index in [9.17, 15) is 9.59 Å². The normalized spacial score (nSPS) is 16.7. The van der Waals surface area contributed by atoms with Gasteiger partial charge in [-0.1, -0.05) is 0 Å². The average Bonchev–Trinajstić information content (AvgIpc) is 2.11. The van der Waals surface area contributed by atoms with Gasteiger partial charge in [0, 0.05) is 12.2 Å². The van der Waals surface area contributed by atoms with E-state index in [4.69, 9.17) is 5.41 Å². The van der Waals surface area contributed by atoms with Crippen molar-refractivity contribution in [1.29, 1.82) is 5.41 Å². The molecule has 0 saturated heterocycles. The van der Waals surface area contributed by atoms with E-state index in [2.05, 4.69) is 0 Å². The first-order valence-corrected chi connectivity index (χ1v) is 2.74. The first kappa shape index (κ1) is 6.67. The number of amides is 2. The molecule has 0 atom stereocenters. The summed E-state index contributed by atoms with van der Waals surface area (Å²) in [5.74, 6) is -0.907. The molecular weight excluding hydrogens is 132 g/mol. The number of carbonyl (C=O) groups excluding carboxylic acids is 2. The highest BCUT2D eigenvalue weighted by Crippen LogP contribution is 2.02. The van der Waals surface area contributed by atoms with E-state index in [1.165, 1.54) is 6.92 Å². The third-order valence-corrected chi connectivity index (χ3v) is 1.14. The fourth-order valence-electron chi connectivity index (χ4n) is 0.731. The standard InChI is InChI=1S/C6H6N2O2/c1-4(7)8-5(9)2-3-6(8)10/h2-3,7H,1H3. The van der Waals surface area contributed by atoms with Crippen molar-refractivity contribution in [3.63, 3.8) is 0 Å². The Bertz CT molecular complexity index is 224. The molecule has 0 aromatic heterocycles. The van der Waals surface area contributed by atoms with Crippen LogP contribution in [0.1, 0.15) is 6.92 Å². The molecule has 0 unspecified atom stereocenters. The molecule has 1 N–H and O–H groups in total. The Morgan fingerprint density at radius 2 is 1.80 bits per heavy atom. The first-order valence-electron chi connectivity index (χ1n) is 2.74. The number of amidine groups is 1. The van der Waals surface area contributed by atoms with Crippen molar-refractivity contribution < 1.29 is 9.59 Å². The molecule has 1 aliphatic heterocycles. The summed E-state index contributed by atoms with van der Waals surface area (Å²) in [6.07, 6.45) is 2.31. The van der Waals surface area contributed by atoms with Crippen molar-refractivity contribution in [2.45, 2.75) is 6.92 Å². The Morgan fingerprint density at radius 1 is 1.40 bits per heavy atom. The van der Waals surface area contributed by atoms with Gasteiger partial charge in [-0.05, 0) is 6.92 Å². The van der Waals surface area contributed by atoms with E-state index in [1.54, 1.807) is 0 Å². The summed E-state index contributed by atoms with van der Waals surface area (Å²) in [4.78, 5) is 22.2. The van der Waals surface area contributed by atoms with Gasteiger partial charge in [-0.15, -0.1) is 0 Å². The Hall–Kier alpha value is -1.45. The Balaban J connectivity index is 2.90. The monoisotopic (exact) mass is 138 g/mol. The largest absolute Gasteiger partial charge is 0.288 e. The molecule has 0 spiro atoms. The second kappa shape index (κ2) is 2.06. The molecule has 1 rings (SSSR count). The quantitative estimate of drug-likeness (QED) is 0.289. The van der Waals surface area contributed by atoms with Crippen LogP contribution in [0.25, 0.3) is 0 Å². The van der Waals surface area contributed by atoms with Gasteiger partial charge in [0.1, 0.15) is 5.84 Å². The van der Waals surface area contributed by atoms with Crippen molar-refractivity contribution in [2.75, 3.05) is 0 Å². The maximum absolute atomic E-state index is 10.7. The number of hydrogen-bond donors (Lipinski definition) is 1. The summed E-state index contributed by atoms with van der Waals surface area (Å²) in [5, 5.41) is 7.00. The van der Waals surface area contributed by atoms with E-state index >= 15 is 0 Å². The van der Waals surface area contributed by atoms with Gasteiger partial charge in [-0.2, -0.15) is 0 Å². The van der Waals surface area contributed by atoms with Crippen LogP contribution in [-0.4, -0.2) is 22.5 Å². The van der Waals surface area contributed by atoms with Crippen LogP contribution in [0.5, 0.6) is 0 Å². The zero-order valence-electron chi connectivity index (χ0n) is 5.42. The van der Waals surface area contributed by atoms with Crippen molar-refractivity contribution in [3.8, 4) is 0 Å². The Labute approximate surface area is 57.6 Å².